The molecule has 2 fully saturated rings. The summed E-state index contributed by atoms with van der Waals surface area (Å²) in [6.45, 7) is 5.72. The van der Waals surface area contributed by atoms with E-state index in [-0.39, 0.29) is 5.54 Å². The van der Waals surface area contributed by atoms with Crippen LogP contribution in [-0.4, -0.2) is 59.3 Å². The van der Waals surface area contributed by atoms with Gasteiger partial charge in [0, 0.05) is 31.9 Å². The molecule has 1 heterocycles. The molecule has 1 amide bonds. The van der Waals surface area contributed by atoms with Crippen LogP contribution in [0.4, 0.5) is 10.5 Å². The zero-order valence-electron chi connectivity index (χ0n) is 13.6. The van der Waals surface area contributed by atoms with E-state index < -0.39 is 6.09 Å². The zero-order chi connectivity index (χ0) is 16.4. The Morgan fingerprint density at radius 1 is 1.39 bits per heavy atom. The Labute approximate surface area is 136 Å². The molecule has 6 heteroatoms. The number of rotatable bonds is 5. The Morgan fingerprint density at radius 3 is 2.83 bits per heavy atom. The van der Waals surface area contributed by atoms with Crippen LogP contribution in [0.25, 0.3) is 0 Å². The van der Waals surface area contributed by atoms with Crippen LogP contribution in [0.5, 0.6) is 5.75 Å². The lowest BCUT2D eigenvalue weighted by Crippen LogP contribution is -2.57. The van der Waals surface area contributed by atoms with Gasteiger partial charge in [-0.1, -0.05) is 6.92 Å². The highest BCUT2D eigenvalue weighted by Crippen LogP contribution is 2.44. The van der Waals surface area contributed by atoms with Crippen LogP contribution in [0, 0.1) is 0 Å². The van der Waals surface area contributed by atoms with Gasteiger partial charge in [0.2, 0.25) is 0 Å². The number of nitrogen functional groups attached to an aromatic ring is 1. The number of nitrogens with two attached hydrogens (primary N) is 1. The predicted octanol–water partition coefficient (Wildman–Crippen LogP) is 2.04. The van der Waals surface area contributed by atoms with Crippen molar-refractivity contribution in [2.24, 2.45) is 0 Å². The van der Waals surface area contributed by atoms with Crippen molar-refractivity contribution in [2.75, 3.05) is 38.5 Å². The van der Waals surface area contributed by atoms with Gasteiger partial charge in [0.25, 0.3) is 0 Å². The number of nitrogens with zero attached hydrogens (tertiary/aromatic N) is 2. The topological polar surface area (TPSA) is 79.0 Å². The molecule has 0 aromatic heterocycles. The SMILES string of the molecule is CCc1cc(N)ccc1OCCN1CCN(C(=O)O)C2(CC2)C1. The van der Waals surface area contributed by atoms with Crippen molar-refractivity contribution in [3.8, 4) is 5.75 Å². The van der Waals surface area contributed by atoms with E-state index in [1.54, 1.807) is 4.90 Å². The van der Waals surface area contributed by atoms with Crippen LogP contribution in [0.2, 0.25) is 0 Å². The molecule has 2 aliphatic rings. The quantitative estimate of drug-likeness (QED) is 0.812. The number of hydrogen-bond donors (Lipinski definition) is 2. The molecule has 1 aromatic rings. The number of ether oxygens (including phenoxy) is 1. The molecular formula is C17H25N3O3. The molecular weight excluding hydrogens is 294 g/mol. The number of aryl methyl sites for hydroxylation is 1. The van der Waals surface area contributed by atoms with E-state index in [0.29, 0.717) is 13.2 Å². The highest BCUT2D eigenvalue weighted by Gasteiger charge is 2.53. The second kappa shape index (κ2) is 6.28. The summed E-state index contributed by atoms with van der Waals surface area (Å²) >= 11 is 0. The molecule has 0 atom stereocenters. The van der Waals surface area contributed by atoms with Crippen molar-refractivity contribution in [3.05, 3.63) is 23.8 Å². The lowest BCUT2D eigenvalue weighted by Gasteiger charge is -2.40. The average molecular weight is 319 g/mol. The second-order valence-corrected chi connectivity index (χ2v) is 6.50. The van der Waals surface area contributed by atoms with Gasteiger partial charge in [-0.2, -0.15) is 0 Å². The Morgan fingerprint density at radius 2 is 2.17 bits per heavy atom. The van der Waals surface area contributed by atoms with Gasteiger partial charge in [-0.25, -0.2) is 4.79 Å². The summed E-state index contributed by atoms with van der Waals surface area (Å²) < 4.78 is 5.92. The van der Waals surface area contributed by atoms with Gasteiger partial charge in [-0.05, 0) is 43.0 Å². The average Bonchev–Trinajstić information content (AvgIpc) is 3.27. The Balaban J connectivity index is 1.51. The summed E-state index contributed by atoms with van der Waals surface area (Å²) in [6.07, 6.45) is 2.07. The van der Waals surface area contributed by atoms with Crippen molar-refractivity contribution >= 4 is 11.8 Å². The van der Waals surface area contributed by atoms with Crippen LogP contribution in [0.1, 0.15) is 25.3 Å². The highest BCUT2D eigenvalue weighted by atomic mass is 16.5. The van der Waals surface area contributed by atoms with Crippen molar-refractivity contribution in [1.82, 2.24) is 9.80 Å². The van der Waals surface area contributed by atoms with Crippen molar-refractivity contribution in [1.29, 1.82) is 0 Å². The summed E-state index contributed by atoms with van der Waals surface area (Å²) in [5, 5.41) is 9.28. The molecule has 0 radical (unpaired) electrons. The van der Waals surface area contributed by atoms with Gasteiger partial charge in [-0.15, -0.1) is 0 Å². The number of piperazine rings is 1. The Bertz CT molecular complexity index is 586. The maximum absolute atomic E-state index is 11.3. The summed E-state index contributed by atoms with van der Waals surface area (Å²) in [5.74, 6) is 0.895. The molecule has 1 aliphatic heterocycles. The minimum Gasteiger partial charge on any atom is -0.492 e. The molecule has 1 saturated heterocycles. The molecule has 23 heavy (non-hydrogen) atoms. The van der Waals surface area contributed by atoms with Gasteiger partial charge in [-0.3, -0.25) is 4.90 Å². The third kappa shape index (κ3) is 3.37. The zero-order valence-corrected chi connectivity index (χ0v) is 13.6. The van der Waals surface area contributed by atoms with Crippen LogP contribution in [0.3, 0.4) is 0 Å². The van der Waals surface area contributed by atoms with E-state index in [0.717, 1.165) is 55.9 Å². The van der Waals surface area contributed by atoms with E-state index in [9.17, 15) is 9.90 Å². The largest absolute Gasteiger partial charge is 0.492 e. The minimum absolute atomic E-state index is 0.125. The smallest absolute Gasteiger partial charge is 0.407 e. The van der Waals surface area contributed by atoms with Gasteiger partial charge >= 0.3 is 6.09 Å². The lowest BCUT2D eigenvalue weighted by atomic mass is 10.1. The summed E-state index contributed by atoms with van der Waals surface area (Å²) in [4.78, 5) is 15.2. The molecule has 1 spiro atoms. The molecule has 0 bridgehead atoms. The first-order valence-corrected chi connectivity index (χ1v) is 8.28. The fourth-order valence-electron chi connectivity index (χ4n) is 3.42. The van der Waals surface area contributed by atoms with Crippen LogP contribution in [0.15, 0.2) is 18.2 Å². The lowest BCUT2D eigenvalue weighted by molar-refractivity contribution is 0.0510. The number of hydrogen-bond acceptors (Lipinski definition) is 4. The van der Waals surface area contributed by atoms with E-state index in [2.05, 4.69) is 11.8 Å². The van der Waals surface area contributed by atoms with Crippen LogP contribution < -0.4 is 10.5 Å². The molecule has 1 aliphatic carbocycles. The Kier molecular flexibility index (Phi) is 4.35. The monoisotopic (exact) mass is 319 g/mol. The predicted molar refractivity (Wildman–Crippen MR) is 88.9 cm³/mol. The molecule has 3 rings (SSSR count). The number of carbonyl (C=O) groups is 1. The van der Waals surface area contributed by atoms with Crippen LogP contribution >= 0.6 is 0 Å². The normalized spacial score (nSPS) is 19.8. The second-order valence-electron chi connectivity index (χ2n) is 6.50. The van der Waals surface area contributed by atoms with E-state index in [1.165, 1.54) is 0 Å². The molecule has 6 nitrogen and oxygen atoms in total. The fraction of sp³-hybridized carbons (Fsp3) is 0.588. The highest BCUT2D eigenvalue weighted by molar-refractivity contribution is 5.67. The first-order valence-electron chi connectivity index (χ1n) is 8.28. The van der Waals surface area contributed by atoms with Crippen LogP contribution in [-0.2, 0) is 6.42 Å². The van der Waals surface area contributed by atoms with Crippen molar-refractivity contribution < 1.29 is 14.6 Å². The Hall–Kier alpha value is -1.95. The summed E-state index contributed by atoms with van der Waals surface area (Å²) in [6, 6.07) is 5.75. The van der Waals surface area contributed by atoms with Gasteiger partial charge in [0.15, 0.2) is 0 Å². The maximum atomic E-state index is 11.3. The first-order chi connectivity index (χ1) is 11.0. The molecule has 1 saturated carbocycles. The van der Waals surface area contributed by atoms with E-state index >= 15 is 0 Å². The van der Waals surface area contributed by atoms with Crippen molar-refractivity contribution in [2.45, 2.75) is 31.7 Å². The van der Waals surface area contributed by atoms with E-state index in [4.69, 9.17) is 10.5 Å². The van der Waals surface area contributed by atoms with E-state index in [1.807, 2.05) is 18.2 Å². The molecule has 3 N–H and O–H groups in total. The number of anilines is 1. The number of benzene rings is 1. The standard InChI is InChI=1S/C17H25N3O3/c1-2-13-11-14(18)3-4-15(13)23-10-9-19-7-8-20(16(21)22)17(12-19)5-6-17/h3-4,11H,2,5-10,12,18H2,1H3,(H,21,22). The van der Waals surface area contributed by atoms with Gasteiger partial charge < -0.3 is 20.5 Å². The first kappa shape index (κ1) is 15.9. The molecule has 0 unspecified atom stereocenters. The third-order valence-electron chi connectivity index (χ3n) is 4.92. The number of carboxylic acid groups (broad SMARTS) is 1. The fourth-order valence-corrected chi connectivity index (χ4v) is 3.42. The van der Waals surface area contributed by atoms with Crippen molar-refractivity contribution in [3.63, 3.8) is 0 Å². The molecule has 126 valence electrons. The van der Waals surface area contributed by atoms with Gasteiger partial charge in [0.1, 0.15) is 12.4 Å². The number of amides is 1. The van der Waals surface area contributed by atoms with Gasteiger partial charge in [0.05, 0.1) is 5.54 Å². The maximum Gasteiger partial charge on any atom is 0.407 e. The minimum atomic E-state index is -0.784. The third-order valence-corrected chi connectivity index (χ3v) is 4.92. The summed E-state index contributed by atoms with van der Waals surface area (Å²) in [5.41, 5.74) is 7.56. The summed E-state index contributed by atoms with van der Waals surface area (Å²) in [7, 11) is 0. The molecule has 1 aromatic carbocycles.